The Morgan fingerprint density at radius 2 is 1.71 bits per heavy atom. The topological polar surface area (TPSA) is 71.6 Å². The molecule has 3 heterocycles. The number of carbonyl (C=O) groups is 2. The Kier molecular flexibility index (Phi) is 5.57. The van der Waals surface area contributed by atoms with Gasteiger partial charge in [0.2, 0.25) is 12.7 Å². The van der Waals surface area contributed by atoms with Gasteiger partial charge < -0.3 is 24.0 Å². The Labute approximate surface area is 164 Å². The van der Waals surface area contributed by atoms with Crippen LogP contribution in [0.3, 0.4) is 0 Å². The summed E-state index contributed by atoms with van der Waals surface area (Å²) < 4.78 is 15.6. The number of methoxy groups -OCH3 is 1. The van der Waals surface area contributed by atoms with Crippen molar-refractivity contribution in [3.8, 4) is 11.5 Å². The highest BCUT2D eigenvalue weighted by Gasteiger charge is 2.32. The van der Waals surface area contributed by atoms with E-state index in [9.17, 15) is 9.59 Å². The number of amides is 2. The van der Waals surface area contributed by atoms with Gasteiger partial charge in [-0.05, 0) is 30.5 Å². The zero-order valence-corrected chi connectivity index (χ0v) is 16.3. The van der Waals surface area contributed by atoms with Crippen LogP contribution in [0.5, 0.6) is 11.5 Å². The summed E-state index contributed by atoms with van der Waals surface area (Å²) in [6.45, 7) is 5.54. The Bertz CT molecular complexity index is 725. The van der Waals surface area contributed by atoms with E-state index in [0.717, 1.165) is 44.2 Å². The molecule has 0 unspecified atom stereocenters. The summed E-state index contributed by atoms with van der Waals surface area (Å²) in [5.74, 6) is 1.86. The summed E-state index contributed by atoms with van der Waals surface area (Å²) >= 11 is 0. The lowest BCUT2D eigenvalue weighted by atomic mass is 9.95. The lowest BCUT2D eigenvalue weighted by Gasteiger charge is -2.38. The van der Waals surface area contributed by atoms with Crippen molar-refractivity contribution >= 4 is 12.0 Å². The molecule has 0 aromatic heterocycles. The molecule has 3 aliphatic rings. The molecule has 28 heavy (non-hydrogen) atoms. The van der Waals surface area contributed by atoms with E-state index in [1.165, 1.54) is 12.7 Å². The van der Waals surface area contributed by atoms with Gasteiger partial charge in [0.25, 0.3) is 0 Å². The molecule has 0 radical (unpaired) electrons. The van der Waals surface area contributed by atoms with E-state index >= 15 is 0 Å². The van der Waals surface area contributed by atoms with Crippen LogP contribution in [-0.4, -0.2) is 79.9 Å². The fourth-order valence-electron chi connectivity index (χ4n) is 4.12. The third-order valence-electron chi connectivity index (χ3n) is 5.80. The van der Waals surface area contributed by atoms with Gasteiger partial charge in [0, 0.05) is 51.7 Å². The minimum Gasteiger partial charge on any atom is -0.454 e. The average molecular weight is 389 g/mol. The Morgan fingerprint density at radius 1 is 1.00 bits per heavy atom. The standard InChI is InChI=1S/C20H27N3O5/c1-26-20(25)23-6-4-16(5-7-23)19(24)22-10-8-21(9-11-22)13-15-2-3-17-18(12-15)28-14-27-17/h2-3,12,16H,4-11,13-14H2,1H3. The summed E-state index contributed by atoms with van der Waals surface area (Å²) in [7, 11) is 1.39. The van der Waals surface area contributed by atoms with Crippen LogP contribution >= 0.6 is 0 Å². The second-order valence-electron chi connectivity index (χ2n) is 7.52. The first-order valence-electron chi connectivity index (χ1n) is 9.86. The number of fused-ring (bicyclic) bond motifs is 1. The minimum atomic E-state index is -0.303. The molecule has 2 saturated heterocycles. The Hall–Kier alpha value is -2.48. The molecule has 0 atom stereocenters. The van der Waals surface area contributed by atoms with Crippen molar-refractivity contribution in [2.45, 2.75) is 19.4 Å². The number of benzene rings is 1. The highest BCUT2D eigenvalue weighted by molar-refractivity contribution is 5.79. The van der Waals surface area contributed by atoms with Crippen LogP contribution in [0.15, 0.2) is 18.2 Å². The predicted molar refractivity (Wildman–Crippen MR) is 101 cm³/mol. The van der Waals surface area contributed by atoms with Gasteiger partial charge in [-0.15, -0.1) is 0 Å². The van der Waals surface area contributed by atoms with Crippen LogP contribution in [0.2, 0.25) is 0 Å². The first-order chi connectivity index (χ1) is 13.6. The van der Waals surface area contributed by atoms with Gasteiger partial charge in [-0.25, -0.2) is 4.79 Å². The van der Waals surface area contributed by atoms with E-state index in [1.54, 1.807) is 4.90 Å². The highest BCUT2D eigenvalue weighted by atomic mass is 16.7. The molecular weight excluding hydrogens is 362 g/mol. The van der Waals surface area contributed by atoms with Crippen LogP contribution in [0.4, 0.5) is 4.79 Å². The number of carbonyl (C=O) groups excluding carboxylic acids is 2. The minimum absolute atomic E-state index is 0.0151. The van der Waals surface area contributed by atoms with Crippen LogP contribution in [-0.2, 0) is 16.1 Å². The van der Waals surface area contributed by atoms with Gasteiger partial charge in [0.05, 0.1) is 7.11 Å². The van der Waals surface area contributed by atoms with Gasteiger partial charge in [-0.2, -0.15) is 0 Å². The number of hydrogen-bond acceptors (Lipinski definition) is 6. The monoisotopic (exact) mass is 389 g/mol. The molecule has 2 fully saturated rings. The molecule has 3 aliphatic heterocycles. The van der Waals surface area contributed by atoms with Crippen LogP contribution in [0, 0.1) is 5.92 Å². The Balaban J connectivity index is 1.24. The smallest absolute Gasteiger partial charge is 0.409 e. The zero-order chi connectivity index (χ0) is 19.5. The lowest BCUT2D eigenvalue weighted by molar-refractivity contribution is -0.138. The van der Waals surface area contributed by atoms with Gasteiger partial charge in [0.15, 0.2) is 11.5 Å². The second kappa shape index (κ2) is 8.26. The van der Waals surface area contributed by atoms with E-state index in [2.05, 4.69) is 11.0 Å². The number of likely N-dealkylation sites (tertiary alicyclic amines) is 1. The van der Waals surface area contributed by atoms with Crippen molar-refractivity contribution in [2.24, 2.45) is 5.92 Å². The fourth-order valence-corrected chi connectivity index (χ4v) is 4.12. The van der Waals surface area contributed by atoms with Gasteiger partial charge in [0.1, 0.15) is 0 Å². The first kappa shape index (κ1) is 18.9. The number of piperidine rings is 1. The quantitative estimate of drug-likeness (QED) is 0.781. The molecule has 1 aromatic carbocycles. The molecular formula is C20H27N3O5. The van der Waals surface area contributed by atoms with Crippen molar-refractivity contribution in [1.29, 1.82) is 0 Å². The molecule has 0 saturated carbocycles. The molecule has 0 aliphatic carbocycles. The van der Waals surface area contributed by atoms with E-state index in [4.69, 9.17) is 14.2 Å². The average Bonchev–Trinajstić information content (AvgIpc) is 3.21. The molecule has 2 amide bonds. The maximum atomic E-state index is 12.8. The molecule has 0 bridgehead atoms. The van der Waals surface area contributed by atoms with Crippen LogP contribution < -0.4 is 9.47 Å². The predicted octanol–water partition coefficient (Wildman–Crippen LogP) is 1.54. The Morgan fingerprint density at radius 3 is 2.43 bits per heavy atom. The normalized spacial score (nSPS) is 20.3. The van der Waals surface area contributed by atoms with Crippen molar-refractivity contribution in [3.63, 3.8) is 0 Å². The maximum absolute atomic E-state index is 12.8. The molecule has 8 nitrogen and oxygen atoms in total. The summed E-state index contributed by atoms with van der Waals surface area (Å²) in [5.41, 5.74) is 1.19. The molecule has 0 N–H and O–H groups in total. The van der Waals surface area contributed by atoms with Gasteiger partial charge in [-0.3, -0.25) is 9.69 Å². The second-order valence-corrected chi connectivity index (χ2v) is 7.52. The summed E-state index contributed by atoms with van der Waals surface area (Å²) in [6.07, 6.45) is 1.12. The number of hydrogen-bond donors (Lipinski definition) is 0. The molecule has 8 heteroatoms. The van der Waals surface area contributed by atoms with Gasteiger partial charge in [-0.1, -0.05) is 6.07 Å². The van der Waals surface area contributed by atoms with Crippen molar-refractivity contribution < 1.29 is 23.8 Å². The summed E-state index contributed by atoms with van der Waals surface area (Å²) in [4.78, 5) is 30.4. The molecule has 152 valence electrons. The zero-order valence-electron chi connectivity index (χ0n) is 16.3. The van der Waals surface area contributed by atoms with Gasteiger partial charge >= 0.3 is 6.09 Å². The number of ether oxygens (including phenoxy) is 3. The summed E-state index contributed by atoms with van der Waals surface area (Å²) in [5, 5.41) is 0. The molecule has 1 aromatic rings. The lowest BCUT2D eigenvalue weighted by Crippen LogP contribution is -2.51. The van der Waals surface area contributed by atoms with E-state index in [-0.39, 0.29) is 24.7 Å². The fraction of sp³-hybridized carbons (Fsp3) is 0.600. The highest BCUT2D eigenvalue weighted by Crippen LogP contribution is 2.33. The maximum Gasteiger partial charge on any atom is 0.409 e. The molecule has 0 spiro atoms. The SMILES string of the molecule is COC(=O)N1CCC(C(=O)N2CCN(Cc3ccc4c(c3)OCO4)CC2)CC1. The first-order valence-corrected chi connectivity index (χ1v) is 9.86. The summed E-state index contributed by atoms with van der Waals surface area (Å²) in [6, 6.07) is 6.06. The number of piperazine rings is 1. The van der Waals surface area contributed by atoms with Crippen molar-refractivity contribution in [1.82, 2.24) is 14.7 Å². The van der Waals surface area contributed by atoms with Crippen LogP contribution in [0.25, 0.3) is 0 Å². The third kappa shape index (κ3) is 4.01. The third-order valence-corrected chi connectivity index (χ3v) is 5.80. The van der Waals surface area contributed by atoms with Crippen molar-refractivity contribution in [2.75, 3.05) is 53.2 Å². The number of nitrogens with zero attached hydrogens (tertiary/aromatic N) is 3. The number of rotatable bonds is 3. The van der Waals surface area contributed by atoms with E-state index < -0.39 is 0 Å². The van der Waals surface area contributed by atoms with E-state index in [0.29, 0.717) is 25.9 Å². The van der Waals surface area contributed by atoms with E-state index in [1.807, 2.05) is 17.0 Å². The molecule has 4 rings (SSSR count). The largest absolute Gasteiger partial charge is 0.454 e. The van der Waals surface area contributed by atoms with Crippen molar-refractivity contribution in [3.05, 3.63) is 23.8 Å². The van der Waals surface area contributed by atoms with Crippen LogP contribution in [0.1, 0.15) is 18.4 Å².